The fourth-order valence-corrected chi connectivity index (χ4v) is 2.16. The third-order valence-electron chi connectivity index (χ3n) is 3.37. The van der Waals surface area contributed by atoms with Crippen molar-refractivity contribution in [3.05, 3.63) is 59.7 Å². The van der Waals surface area contributed by atoms with E-state index >= 15 is 0 Å². The van der Waals surface area contributed by atoms with Gasteiger partial charge in [0, 0.05) is 32.5 Å². The molecule has 0 fully saturated rings. The monoisotopic (exact) mass is 446 g/mol. The number of hydrogen-bond acceptors (Lipinski definition) is 2. The average molecular weight is 446 g/mol. The molecule has 0 aliphatic heterocycles. The number of aromatic nitrogens is 1. The van der Waals surface area contributed by atoms with Gasteiger partial charge in [0.25, 0.3) is 0 Å². The van der Waals surface area contributed by atoms with Crippen LogP contribution in [0.15, 0.2) is 47.7 Å². The van der Waals surface area contributed by atoms with Gasteiger partial charge in [0.2, 0.25) is 0 Å². The molecule has 2 rings (SSSR count). The highest BCUT2D eigenvalue weighted by Gasteiger charge is 2.08. The molecule has 5 nitrogen and oxygen atoms in total. The molecule has 0 spiro atoms. The predicted molar refractivity (Wildman–Crippen MR) is 105 cm³/mol. The summed E-state index contributed by atoms with van der Waals surface area (Å²) in [6.45, 7) is 3.57. The van der Waals surface area contributed by atoms with Crippen LogP contribution in [0.5, 0.6) is 0 Å². The Morgan fingerprint density at radius 2 is 1.96 bits per heavy atom. The predicted octanol–water partition coefficient (Wildman–Crippen LogP) is 2.57. The Morgan fingerprint density at radius 1 is 1.25 bits per heavy atom. The highest BCUT2D eigenvalue weighted by Crippen LogP contribution is 2.12. The van der Waals surface area contributed by atoms with Crippen LogP contribution in [0.3, 0.4) is 0 Å². The van der Waals surface area contributed by atoms with E-state index in [0.29, 0.717) is 24.6 Å². The second-order valence-electron chi connectivity index (χ2n) is 5.33. The number of nitrogens with zero attached hydrogens (tertiary/aromatic N) is 2. The second kappa shape index (κ2) is 10.3. The van der Waals surface area contributed by atoms with Gasteiger partial charge in [0.15, 0.2) is 5.96 Å². The molecule has 0 aliphatic carbocycles. The minimum Gasteiger partial charge on any atom is -0.387 e. The van der Waals surface area contributed by atoms with Crippen LogP contribution < -0.4 is 10.6 Å². The summed E-state index contributed by atoms with van der Waals surface area (Å²) in [6, 6.07) is 7.85. The van der Waals surface area contributed by atoms with E-state index in [9.17, 15) is 9.50 Å². The van der Waals surface area contributed by atoms with Crippen molar-refractivity contribution in [2.24, 2.45) is 12.0 Å². The minimum atomic E-state index is -0.726. The summed E-state index contributed by atoms with van der Waals surface area (Å²) in [6.07, 6.45) is 3.26. The molecule has 0 amide bonds. The molecule has 7 heteroatoms. The number of benzene rings is 1. The maximum atomic E-state index is 12.9. The van der Waals surface area contributed by atoms with Crippen LogP contribution in [0.2, 0.25) is 0 Å². The lowest BCUT2D eigenvalue weighted by molar-refractivity contribution is 0.180. The molecule has 1 aromatic carbocycles. The van der Waals surface area contributed by atoms with Crippen LogP contribution in [-0.2, 0) is 13.6 Å². The standard InChI is InChI=1S/C17H23FN4O.HI/c1-3-19-17(20-10-13-8-9-22(2)12-13)21-11-16(23)14-4-6-15(18)7-5-14;/h4-9,12,16,23H,3,10-11H2,1-2H3,(H2,19,20,21);1H. The lowest BCUT2D eigenvalue weighted by Gasteiger charge is -2.15. The zero-order valence-corrected chi connectivity index (χ0v) is 16.2. The molecule has 1 unspecified atom stereocenters. The van der Waals surface area contributed by atoms with E-state index in [4.69, 9.17) is 0 Å². The van der Waals surface area contributed by atoms with Crippen molar-refractivity contribution >= 4 is 29.9 Å². The van der Waals surface area contributed by atoms with Crippen LogP contribution in [0.4, 0.5) is 4.39 Å². The Hall–Kier alpha value is -1.61. The fourth-order valence-electron chi connectivity index (χ4n) is 2.16. The number of aliphatic hydroxyl groups excluding tert-OH is 1. The first kappa shape index (κ1) is 20.4. The molecule has 3 N–H and O–H groups in total. The lowest BCUT2D eigenvalue weighted by atomic mass is 10.1. The number of halogens is 2. The molecular formula is C17H24FIN4O. The van der Waals surface area contributed by atoms with Crippen LogP contribution in [-0.4, -0.2) is 28.7 Å². The molecule has 0 bridgehead atoms. The molecule has 1 heterocycles. The van der Waals surface area contributed by atoms with E-state index in [1.165, 1.54) is 12.1 Å². The second-order valence-corrected chi connectivity index (χ2v) is 5.33. The van der Waals surface area contributed by atoms with E-state index < -0.39 is 6.10 Å². The first-order valence-electron chi connectivity index (χ1n) is 7.65. The summed E-state index contributed by atoms with van der Waals surface area (Å²) in [5.41, 5.74) is 1.78. The summed E-state index contributed by atoms with van der Waals surface area (Å²) in [4.78, 5) is 4.49. The number of nitrogens with one attached hydrogen (secondary N) is 2. The summed E-state index contributed by atoms with van der Waals surface area (Å²) >= 11 is 0. The fraction of sp³-hybridized carbons (Fsp3) is 0.353. The molecule has 132 valence electrons. The Balaban J connectivity index is 0.00000288. The maximum absolute atomic E-state index is 12.9. The number of guanidine groups is 1. The first-order chi connectivity index (χ1) is 11.1. The Labute approximate surface area is 159 Å². The maximum Gasteiger partial charge on any atom is 0.191 e. The topological polar surface area (TPSA) is 61.6 Å². The van der Waals surface area contributed by atoms with Crippen molar-refractivity contribution in [1.82, 2.24) is 15.2 Å². The molecule has 0 saturated heterocycles. The highest BCUT2D eigenvalue weighted by molar-refractivity contribution is 14.0. The zero-order chi connectivity index (χ0) is 16.7. The quantitative estimate of drug-likeness (QED) is 0.363. The zero-order valence-electron chi connectivity index (χ0n) is 13.9. The van der Waals surface area contributed by atoms with E-state index in [2.05, 4.69) is 15.6 Å². The van der Waals surface area contributed by atoms with Crippen LogP contribution in [0.25, 0.3) is 0 Å². The molecule has 2 aromatic rings. The van der Waals surface area contributed by atoms with Gasteiger partial charge in [-0.2, -0.15) is 0 Å². The Morgan fingerprint density at radius 3 is 2.54 bits per heavy atom. The van der Waals surface area contributed by atoms with Crippen molar-refractivity contribution < 1.29 is 9.50 Å². The van der Waals surface area contributed by atoms with Gasteiger partial charge in [0.05, 0.1) is 12.6 Å². The Bertz CT molecular complexity index is 642. The number of aliphatic hydroxyl groups is 1. The van der Waals surface area contributed by atoms with Gasteiger partial charge in [-0.3, -0.25) is 0 Å². The highest BCUT2D eigenvalue weighted by atomic mass is 127. The van der Waals surface area contributed by atoms with Crippen molar-refractivity contribution in [3.63, 3.8) is 0 Å². The summed E-state index contributed by atoms with van der Waals surface area (Å²) in [5.74, 6) is 0.323. The smallest absolute Gasteiger partial charge is 0.191 e. The number of rotatable bonds is 6. The molecule has 0 aliphatic rings. The van der Waals surface area contributed by atoms with E-state index in [0.717, 1.165) is 12.1 Å². The van der Waals surface area contributed by atoms with Gasteiger partial charge in [-0.1, -0.05) is 12.1 Å². The SMILES string of the molecule is CCNC(=NCc1ccn(C)c1)NCC(O)c1ccc(F)cc1.I. The summed E-state index contributed by atoms with van der Waals surface area (Å²) in [7, 11) is 1.97. The largest absolute Gasteiger partial charge is 0.387 e. The van der Waals surface area contributed by atoms with Gasteiger partial charge < -0.3 is 20.3 Å². The third kappa shape index (κ3) is 6.48. The van der Waals surface area contributed by atoms with Crippen LogP contribution >= 0.6 is 24.0 Å². The minimum absolute atomic E-state index is 0. The Kier molecular flexibility index (Phi) is 8.77. The normalized spacial score (nSPS) is 12.4. The summed E-state index contributed by atoms with van der Waals surface area (Å²) in [5, 5.41) is 16.4. The number of aryl methyl sites for hydroxylation is 1. The van der Waals surface area contributed by atoms with Crippen molar-refractivity contribution in [3.8, 4) is 0 Å². The third-order valence-corrected chi connectivity index (χ3v) is 3.37. The molecule has 1 atom stereocenters. The van der Waals surface area contributed by atoms with Crippen molar-refractivity contribution in [1.29, 1.82) is 0 Å². The van der Waals surface area contributed by atoms with Gasteiger partial charge in [-0.15, -0.1) is 24.0 Å². The first-order valence-corrected chi connectivity index (χ1v) is 7.65. The average Bonchev–Trinajstić information content (AvgIpc) is 2.96. The van der Waals surface area contributed by atoms with Gasteiger partial charge in [-0.05, 0) is 36.2 Å². The van der Waals surface area contributed by atoms with Gasteiger partial charge >= 0.3 is 0 Å². The van der Waals surface area contributed by atoms with Gasteiger partial charge in [0.1, 0.15) is 5.82 Å². The lowest BCUT2D eigenvalue weighted by Crippen LogP contribution is -2.39. The van der Waals surface area contributed by atoms with E-state index in [1.807, 2.05) is 37.0 Å². The van der Waals surface area contributed by atoms with Crippen molar-refractivity contribution in [2.75, 3.05) is 13.1 Å². The van der Waals surface area contributed by atoms with E-state index in [1.54, 1.807) is 12.1 Å². The summed E-state index contributed by atoms with van der Waals surface area (Å²) < 4.78 is 14.9. The van der Waals surface area contributed by atoms with E-state index in [-0.39, 0.29) is 29.8 Å². The van der Waals surface area contributed by atoms with Crippen LogP contribution in [0, 0.1) is 5.82 Å². The molecular weight excluding hydrogens is 422 g/mol. The molecule has 1 aromatic heterocycles. The molecule has 0 radical (unpaired) electrons. The number of aliphatic imine (C=N–C) groups is 1. The van der Waals surface area contributed by atoms with Crippen LogP contribution in [0.1, 0.15) is 24.2 Å². The molecule has 24 heavy (non-hydrogen) atoms. The van der Waals surface area contributed by atoms with Gasteiger partial charge in [-0.25, -0.2) is 9.38 Å². The van der Waals surface area contributed by atoms with Crippen molar-refractivity contribution in [2.45, 2.75) is 19.6 Å². The molecule has 0 saturated carbocycles. The number of hydrogen-bond donors (Lipinski definition) is 3.